The van der Waals surface area contributed by atoms with Gasteiger partial charge in [0.05, 0.1) is 6.21 Å². The zero-order valence-electron chi connectivity index (χ0n) is 14.3. The average molecular weight is 335 g/mol. The number of hydrogen-bond donors (Lipinski definition) is 2. The lowest BCUT2D eigenvalue weighted by Gasteiger charge is -2.04. The molecule has 2 amide bonds. The lowest BCUT2D eigenvalue weighted by atomic mass is 10.1. The van der Waals surface area contributed by atoms with Crippen LogP contribution in [0.1, 0.15) is 25.0 Å². The predicted octanol–water partition coefficient (Wildman–Crippen LogP) is 3.39. The lowest BCUT2D eigenvalue weighted by Crippen LogP contribution is -2.32. The molecule has 0 heterocycles. The number of carbonyl (C=O) groups is 2. The summed E-state index contributed by atoms with van der Waals surface area (Å²) in [4.78, 5) is 23.6. The van der Waals surface area contributed by atoms with Crippen molar-refractivity contribution in [2.24, 2.45) is 5.10 Å². The van der Waals surface area contributed by atoms with Crippen LogP contribution >= 0.6 is 0 Å². The van der Waals surface area contributed by atoms with Gasteiger partial charge in [-0.3, -0.25) is 9.59 Å². The number of anilines is 1. The van der Waals surface area contributed by atoms with Gasteiger partial charge < -0.3 is 5.32 Å². The second-order valence-electron chi connectivity index (χ2n) is 5.50. The van der Waals surface area contributed by atoms with Crippen molar-refractivity contribution in [2.45, 2.75) is 20.3 Å². The number of amides is 2. The van der Waals surface area contributed by atoms with E-state index in [-0.39, 0.29) is 0 Å². The maximum absolute atomic E-state index is 11.8. The van der Waals surface area contributed by atoms with Crippen molar-refractivity contribution < 1.29 is 9.59 Å². The van der Waals surface area contributed by atoms with Crippen LogP contribution in [0.2, 0.25) is 0 Å². The molecule has 2 rings (SSSR count). The van der Waals surface area contributed by atoms with E-state index in [1.54, 1.807) is 12.1 Å². The van der Waals surface area contributed by atoms with Gasteiger partial charge in [-0.2, -0.15) is 5.10 Å². The average Bonchev–Trinajstić information content (AvgIpc) is 2.63. The van der Waals surface area contributed by atoms with Crippen LogP contribution < -0.4 is 10.7 Å². The monoisotopic (exact) mass is 335 g/mol. The molecule has 128 valence electrons. The number of nitrogens with one attached hydrogen (secondary N) is 2. The molecule has 0 radical (unpaired) electrons. The van der Waals surface area contributed by atoms with Crippen molar-refractivity contribution in [1.29, 1.82) is 0 Å². The molecule has 5 nitrogen and oxygen atoms in total. The summed E-state index contributed by atoms with van der Waals surface area (Å²) >= 11 is 0. The molecule has 0 aromatic heterocycles. The van der Waals surface area contributed by atoms with Crippen molar-refractivity contribution in [1.82, 2.24) is 5.43 Å². The third-order valence-corrected chi connectivity index (χ3v) is 3.45. The molecule has 0 bridgehead atoms. The summed E-state index contributed by atoms with van der Waals surface area (Å²) in [5.74, 6) is -1.57. The SMILES string of the molecule is CCc1ccc(NC(=O)C(=O)N/N=C/C(C)=C\c2ccccc2)cc1. The second kappa shape index (κ2) is 9.17. The van der Waals surface area contributed by atoms with Gasteiger partial charge in [-0.05, 0) is 42.2 Å². The molecule has 25 heavy (non-hydrogen) atoms. The zero-order chi connectivity index (χ0) is 18.1. The molecule has 0 aliphatic rings. The molecule has 2 aromatic rings. The van der Waals surface area contributed by atoms with Gasteiger partial charge >= 0.3 is 11.8 Å². The highest BCUT2D eigenvalue weighted by Crippen LogP contribution is 2.09. The number of carbonyl (C=O) groups excluding carboxylic acids is 2. The Morgan fingerprint density at radius 1 is 1.00 bits per heavy atom. The number of nitrogens with zero attached hydrogens (tertiary/aromatic N) is 1. The number of hydrogen-bond acceptors (Lipinski definition) is 3. The van der Waals surface area contributed by atoms with Gasteiger partial charge in [-0.25, -0.2) is 5.43 Å². The van der Waals surface area contributed by atoms with E-state index in [9.17, 15) is 9.59 Å². The van der Waals surface area contributed by atoms with Gasteiger partial charge in [0.1, 0.15) is 0 Å². The Bertz CT molecular complexity index is 778. The normalized spacial score (nSPS) is 11.4. The molecule has 0 aliphatic heterocycles. The Labute approximate surface area is 147 Å². The molecule has 0 fully saturated rings. The first-order valence-electron chi connectivity index (χ1n) is 8.05. The Morgan fingerprint density at radius 2 is 1.68 bits per heavy atom. The third kappa shape index (κ3) is 6.06. The highest BCUT2D eigenvalue weighted by molar-refractivity contribution is 6.39. The molecular formula is C20H21N3O2. The fourth-order valence-corrected chi connectivity index (χ4v) is 2.10. The van der Waals surface area contributed by atoms with Crippen LogP contribution in [-0.2, 0) is 16.0 Å². The molecule has 2 aromatic carbocycles. The third-order valence-electron chi connectivity index (χ3n) is 3.45. The number of aryl methyl sites for hydroxylation is 1. The van der Waals surface area contributed by atoms with Crippen molar-refractivity contribution in [3.05, 3.63) is 71.3 Å². The Kier molecular flexibility index (Phi) is 6.65. The van der Waals surface area contributed by atoms with Gasteiger partial charge in [0.25, 0.3) is 0 Å². The molecule has 0 atom stereocenters. The molecule has 0 saturated heterocycles. The van der Waals surface area contributed by atoms with E-state index in [0.717, 1.165) is 23.1 Å². The minimum absolute atomic E-state index is 0.571. The first-order valence-corrected chi connectivity index (χ1v) is 8.05. The van der Waals surface area contributed by atoms with Gasteiger partial charge in [-0.1, -0.05) is 55.5 Å². The van der Waals surface area contributed by atoms with Crippen LogP contribution in [0, 0.1) is 0 Å². The maximum atomic E-state index is 11.8. The molecule has 0 spiro atoms. The van der Waals surface area contributed by atoms with E-state index in [4.69, 9.17) is 0 Å². The quantitative estimate of drug-likeness (QED) is 0.499. The van der Waals surface area contributed by atoms with Gasteiger partial charge in [0, 0.05) is 5.69 Å². The number of hydrazone groups is 1. The lowest BCUT2D eigenvalue weighted by molar-refractivity contribution is -0.136. The summed E-state index contributed by atoms with van der Waals surface area (Å²) in [6.07, 6.45) is 4.33. The zero-order valence-corrected chi connectivity index (χ0v) is 14.3. The van der Waals surface area contributed by atoms with Crippen molar-refractivity contribution in [3.63, 3.8) is 0 Å². The van der Waals surface area contributed by atoms with Crippen LogP contribution in [0.5, 0.6) is 0 Å². The highest BCUT2D eigenvalue weighted by Gasteiger charge is 2.12. The predicted molar refractivity (Wildman–Crippen MR) is 101 cm³/mol. The number of allylic oxidation sites excluding steroid dienone is 1. The fraction of sp³-hybridized carbons (Fsp3) is 0.150. The van der Waals surface area contributed by atoms with E-state index in [1.165, 1.54) is 6.21 Å². The van der Waals surface area contributed by atoms with E-state index in [1.807, 2.05) is 62.4 Å². The topological polar surface area (TPSA) is 70.6 Å². The van der Waals surface area contributed by atoms with Crippen molar-refractivity contribution in [3.8, 4) is 0 Å². The largest absolute Gasteiger partial charge is 0.329 e. The van der Waals surface area contributed by atoms with E-state index < -0.39 is 11.8 Å². The Morgan fingerprint density at radius 3 is 2.32 bits per heavy atom. The summed E-state index contributed by atoms with van der Waals surface area (Å²) in [5.41, 5.74) is 5.83. The number of rotatable bonds is 5. The Hall–Kier alpha value is -3.21. The molecule has 0 saturated carbocycles. The Balaban J connectivity index is 1.86. The molecule has 2 N–H and O–H groups in total. The van der Waals surface area contributed by atoms with E-state index in [0.29, 0.717) is 5.69 Å². The summed E-state index contributed by atoms with van der Waals surface area (Å²) in [7, 11) is 0. The summed E-state index contributed by atoms with van der Waals surface area (Å²) in [6.45, 7) is 3.91. The summed E-state index contributed by atoms with van der Waals surface area (Å²) in [6, 6.07) is 17.1. The second-order valence-corrected chi connectivity index (χ2v) is 5.50. The van der Waals surface area contributed by atoms with Crippen LogP contribution in [0.15, 0.2) is 65.3 Å². The van der Waals surface area contributed by atoms with Crippen molar-refractivity contribution >= 4 is 29.8 Å². The summed E-state index contributed by atoms with van der Waals surface area (Å²) in [5, 5.41) is 6.34. The molecule has 0 aliphatic carbocycles. The van der Waals surface area contributed by atoms with Crippen LogP contribution in [-0.4, -0.2) is 18.0 Å². The van der Waals surface area contributed by atoms with Crippen molar-refractivity contribution in [2.75, 3.05) is 5.32 Å². The maximum Gasteiger partial charge on any atom is 0.329 e. The van der Waals surface area contributed by atoms with Crippen LogP contribution in [0.25, 0.3) is 6.08 Å². The molecule has 5 heteroatoms. The standard InChI is InChI=1S/C20H21N3O2/c1-3-16-9-11-18(12-10-16)22-19(24)20(25)23-21-14-15(2)13-17-7-5-4-6-8-17/h4-14H,3H2,1-2H3,(H,22,24)(H,23,25)/b15-13-,21-14+. The number of benzene rings is 2. The molecular weight excluding hydrogens is 314 g/mol. The van der Waals surface area contributed by atoms with Crippen LogP contribution in [0.3, 0.4) is 0 Å². The summed E-state index contributed by atoms with van der Waals surface area (Å²) < 4.78 is 0. The minimum atomic E-state index is -0.816. The van der Waals surface area contributed by atoms with Gasteiger partial charge in [-0.15, -0.1) is 0 Å². The van der Waals surface area contributed by atoms with Crippen LogP contribution in [0.4, 0.5) is 5.69 Å². The highest BCUT2D eigenvalue weighted by atomic mass is 16.2. The van der Waals surface area contributed by atoms with Gasteiger partial charge in [0.2, 0.25) is 0 Å². The fourth-order valence-electron chi connectivity index (χ4n) is 2.10. The smallest absolute Gasteiger partial charge is 0.318 e. The molecule has 0 unspecified atom stereocenters. The minimum Gasteiger partial charge on any atom is -0.318 e. The van der Waals surface area contributed by atoms with E-state index >= 15 is 0 Å². The first-order chi connectivity index (χ1) is 12.1. The van der Waals surface area contributed by atoms with Gasteiger partial charge in [0.15, 0.2) is 0 Å². The van der Waals surface area contributed by atoms with E-state index in [2.05, 4.69) is 15.8 Å². The first kappa shape index (κ1) is 18.1.